The SMILES string of the molecule is O=S1(=O)CCN(CCCCCS)CC1. The number of rotatable bonds is 5. The van der Waals surface area contributed by atoms with Crippen LogP contribution in [-0.4, -0.2) is 50.2 Å². The van der Waals surface area contributed by atoms with Crippen molar-refractivity contribution in [2.45, 2.75) is 19.3 Å². The lowest BCUT2D eigenvalue weighted by molar-refractivity contribution is 0.289. The van der Waals surface area contributed by atoms with E-state index in [0.29, 0.717) is 11.5 Å². The molecule has 1 fully saturated rings. The second-order valence-electron chi connectivity index (χ2n) is 3.78. The Balaban J connectivity index is 2.10. The standard InChI is InChI=1S/C9H19NO2S2/c11-14(12)8-5-10(6-9-14)4-2-1-3-7-13/h13H,1-9H2. The Labute approximate surface area is 92.2 Å². The normalized spacial score (nSPS) is 22.4. The van der Waals surface area contributed by atoms with Crippen LogP contribution in [0.25, 0.3) is 0 Å². The second kappa shape index (κ2) is 5.98. The van der Waals surface area contributed by atoms with E-state index in [9.17, 15) is 8.42 Å². The highest BCUT2D eigenvalue weighted by atomic mass is 32.2. The highest BCUT2D eigenvalue weighted by Crippen LogP contribution is 2.06. The van der Waals surface area contributed by atoms with E-state index >= 15 is 0 Å². The number of thiol groups is 1. The molecule has 1 saturated heterocycles. The molecule has 0 radical (unpaired) electrons. The zero-order valence-corrected chi connectivity index (χ0v) is 10.2. The second-order valence-corrected chi connectivity index (χ2v) is 6.53. The molecule has 0 spiro atoms. The van der Waals surface area contributed by atoms with Gasteiger partial charge in [0.25, 0.3) is 0 Å². The van der Waals surface area contributed by atoms with Gasteiger partial charge in [-0.05, 0) is 25.1 Å². The topological polar surface area (TPSA) is 37.4 Å². The van der Waals surface area contributed by atoms with Crippen LogP contribution in [0.4, 0.5) is 0 Å². The number of hydrogen-bond acceptors (Lipinski definition) is 4. The maximum absolute atomic E-state index is 11.1. The first-order valence-electron chi connectivity index (χ1n) is 5.18. The third-order valence-electron chi connectivity index (χ3n) is 2.57. The smallest absolute Gasteiger partial charge is 0.152 e. The number of unbranched alkanes of at least 4 members (excludes halogenated alkanes) is 2. The van der Waals surface area contributed by atoms with E-state index in [4.69, 9.17) is 0 Å². The summed E-state index contributed by atoms with van der Waals surface area (Å²) in [6.45, 7) is 2.50. The zero-order valence-electron chi connectivity index (χ0n) is 8.48. The number of hydrogen-bond donors (Lipinski definition) is 1. The van der Waals surface area contributed by atoms with Crippen molar-refractivity contribution >= 4 is 22.5 Å². The van der Waals surface area contributed by atoms with E-state index in [1.54, 1.807) is 0 Å². The van der Waals surface area contributed by atoms with Crippen LogP contribution < -0.4 is 0 Å². The van der Waals surface area contributed by atoms with Crippen LogP contribution >= 0.6 is 12.6 Å². The van der Waals surface area contributed by atoms with Crippen LogP contribution in [0.2, 0.25) is 0 Å². The van der Waals surface area contributed by atoms with Crippen LogP contribution in [0.5, 0.6) is 0 Å². The van der Waals surface area contributed by atoms with Gasteiger partial charge in [-0.1, -0.05) is 6.42 Å². The summed E-state index contributed by atoms with van der Waals surface area (Å²) in [4.78, 5) is 2.25. The molecule has 0 aromatic rings. The maximum Gasteiger partial charge on any atom is 0.152 e. The first kappa shape index (κ1) is 12.3. The Morgan fingerprint density at radius 1 is 1.07 bits per heavy atom. The molecule has 14 heavy (non-hydrogen) atoms. The van der Waals surface area contributed by atoms with Crippen LogP contribution in [0, 0.1) is 0 Å². The molecular formula is C9H19NO2S2. The lowest BCUT2D eigenvalue weighted by Crippen LogP contribution is -2.40. The predicted molar refractivity (Wildman–Crippen MR) is 62.8 cm³/mol. The molecule has 0 atom stereocenters. The lowest BCUT2D eigenvalue weighted by Gasteiger charge is -2.26. The Kier molecular flexibility index (Phi) is 5.26. The largest absolute Gasteiger partial charge is 0.301 e. The molecule has 1 heterocycles. The van der Waals surface area contributed by atoms with Gasteiger partial charge in [0.2, 0.25) is 0 Å². The summed E-state index contributed by atoms with van der Waals surface area (Å²) in [5.74, 6) is 1.65. The summed E-state index contributed by atoms with van der Waals surface area (Å²) in [5, 5.41) is 0. The number of sulfone groups is 1. The molecule has 1 aliphatic heterocycles. The summed E-state index contributed by atoms with van der Waals surface area (Å²) in [6, 6.07) is 0. The third kappa shape index (κ3) is 4.66. The molecule has 0 unspecified atom stereocenters. The molecule has 3 nitrogen and oxygen atoms in total. The molecule has 84 valence electrons. The molecule has 5 heteroatoms. The van der Waals surface area contributed by atoms with Gasteiger partial charge < -0.3 is 4.90 Å². The van der Waals surface area contributed by atoms with E-state index in [2.05, 4.69) is 17.5 Å². The van der Waals surface area contributed by atoms with Gasteiger partial charge in [0.05, 0.1) is 11.5 Å². The highest BCUT2D eigenvalue weighted by molar-refractivity contribution is 7.91. The Morgan fingerprint density at radius 2 is 1.71 bits per heavy atom. The van der Waals surface area contributed by atoms with E-state index < -0.39 is 9.84 Å². The Morgan fingerprint density at radius 3 is 2.29 bits per heavy atom. The molecular weight excluding hydrogens is 218 g/mol. The molecule has 0 aromatic carbocycles. The lowest BCUT2D eigenvalue weighted by atomic mass is 10.2. The van der Waals surface area contributed by atoms with Gasteiger partial charge in [-0.3, -0.25) is 0 Å². The van der Waals surface area contributed by atoms with Crippen molar-refractivity contribution in [3.05, 3.63) is 0 Å². The molecule has 0 saturated carbocycles. The van der Waals surface area contributed by atoms with E-state index in [0.717, 1.165) is 31.8 Å². The average Bonchev–Trinajstić information content (AvgIpc) is 2.15. The van der Waals surface area contributed by atoms with Crippen LogP contribution in [-0.2, 0) is 9.84 Å². The Hall–Kier alpha value is 0.260. The van der Waals surface area contributed by atoms with Gasteiger partial charge in [0.15, 0.2) is 9.84 Å². The van der Waals surface area contributed by atoms with Crippen molar-refractivity contribution in [1.29, 1.82) is 0 Å². The summed E-state index contributed by atoms with van der Waals surface area (Å²) in [6.07, 6.45) is 3.53. The minimum atomic E-state index is -2.70. The van der Waals surface area contributed by atoms with Gasteiger partial charge in [0.1, 0.15) is 0 Å². The maximum atomic E-state index is 11.1. The fraction of sp³-hybridized carbons (Fsp3) is 1.00. The highest BCUT2D eigenvalue weighted by Gasteiger charge is 2.20. The average molecular weight is 237 g/mol. The minimum absolute atomic E-state index is 0.347. The monoisotopic (exact) mass is 237 g/mol. The van der Waals surface area contributed by atoms with Crippen molar-refractivity contribution < 1.29 is 8.42 Å². The fourth-order valence-corrected chi connectivity index (χ4v) is 3.10. The molecule has 1 rings (SSSR count). The van der Waals surface area contributed by atoms with E-state index in [1.165, 1.54) is 12.8 Å². The quantitative estimate of drug-likeness (QED) is 0.568. The van der Waals surface area contributed by atoms with Gasteiger partial charge in [0, 0.05) is 13.1 Å². The molecule has 0 amide bonds. The van der Waals surface area contributed by atoms with Crippen molar-refractivity contribution in [1.82, 2.24) is 4.90 Å². The van der Waals surface area contributed by atoms with Crippen LogP contribution in [0.3, 0.4) is 0 Å². The van der Waals surface area contributed by atoms with Gasteiger partial charge >= 0.3 is 0 Å². The van der Waals surface area contributed by atoms with Gasteiger partial charge in [-0.2, -0.15) is 12.6 Å². The van der Waals surface area contributed by atoms with E-state index in [1.807, 2.05) is 0 Å². The summed E-state index contributed by atoms with van der Waals surface area (Å²) in [5.41, 5.74) is 0. The first-order chi connectivity index (χ1) is 6.64. The van der Waals surface area contributed by atoms with Crippen molar-refractivity contribution in [2.75, 3.05) is 36.9 Å². The van der Waals surface area contributed by atoms with E-state index in [-0.39, 0.29) is 0 Å². The van der Waals surface area contributed by atoms with Crippen molar-refractivity contribution in [3.63, 3.8) is 0 Å². The first-order valence-corrected chi connectivity index (χ1v) is 7.63. The summed E-state index contributed by atoms with van der Waals surface area (Å²) < 4.78 is 22.3. The molecule has 1 aliphatic rings. The summed E-state index contributed by atoms with van der Waals surface area (Å²) in [7, 11) is -2.70. The van der Waals surface area contributed by atoms with Gasteiger partial charge in [-0.25, -0.2) is 8.42 Å². The van der Waals surface area contributed by atoms with Crippen LogP contribution in [0.15, 0.2) is 0 Å². The molecule has 0 aliphatic carbocycles. The number of nitrogens with zero attached hydrogens (tertiary/aromatic N) is 1. The van der Waals surface area contributed by atoms with Crippen LogP contribution in [0.1, 0.15) is 19.3 Å². The fourth-order valence-electron chi connectivity index (χ4n) is 1.60. The van der Waals surface area contributed by atoms with Crippen molar-refractivity contribution in [2.24, 2.45) is 0 Å². The summed E-state index contributed by atoms with van der Waals surface area (Å²) >= 11 is 4.15. The molecule has 0 aromatic heterocycles. The molecule has 0 bridgehead atoms. The molecule has 0 N–H and O–H groups in total. The minimum Gasteiger partial charge on any atom is -0.301 e. The Bertz CT molecular complexity index is 238. The third-order valence-corrected chi connectivity index (χ3v) is 4.49. The van der Waals surface area contributed by atoms with Crippen molar-refractivity contribution in [3.8, 4) is 0 Å². The van der Waals surface area contributed by atoms with Gasteiger partial charge in [-0.15, -0.1) is 0 Å². The predicted octanol–water partition coefficient (Wildman–Crippen LogP) is 0.817. The zero-order chi connectivity index (χ0) is 10.4.